The lowest BCUT2D eigenvalue weighted by atomic mass is 9.97. The number of carbonyl (C=O) groups is 1. The molecule has 0 saturated carbocycles. The Hall–Kier alpha value is -2.78. The quantitative estimate of drug-likeness (QED) is 0.528. The van der Waals surface area contributed by atoms with Crippen LogP contribution in [0.3, 0.4) is 0 Å². The summed E-state index contributed by atoms with van der Waals surface area (Å²) in [6, 6.07) is 28.2. The molecule has 1 aliphatic heterocycles. The molecular weight excluding hydrogens is 350 g/mol. The van der Waals surface area contributed by atoms with E-state index in [9.17, 15) is 4.79 Å². The maximum atomic E-state index is 13.2. The normalized spacial score (nSPS) is 16.4. The molecule has 0 amide bonds. The fraction of sp³-hybridized carbons (Fsp3) is 0.125. The Morgan fingerprint density at radius 3 is 2.19 bits per heavy atom. The predicted molar refractivity (Wildman–Crippen MR) is 114 cm³/mol. The molecule has 0 spiro atoms. The van der Waals surface area contributed by atoms with E-state index in [1.165, 1.54) is 11.1 Å². The lowest BCUT2D eigenvalue weighted by Crippen LogP contribution is -2.07. The highest BCUT2D eigenvalue weighted by molar-refractivity contribution is 8.03. The molecule has 4 rings (SSSR count). The number of ketones is 1. The standard InChI is InChI=1S/C24H21NOS/c1-17-12-14-18(15-13-17)22-16-21(23(26)19-8-4-2-5-9-19)24(27-22)25-20-10-6-3-7-11-20/h2-15,22,25H,16H2,1H3. The van der Waals surface area contributed by atoms with Crippen LogP contribution in [0.15, 0.2) is 95.5 Å². The van der Waals surface area contributed by atoms with Gasteiger partial charge >= 0.3 is 0 Å². The molecule has 1 aliphatic rings. The van der Waals surface area contributed by atoms with Crippen LogP contribution in [0.1, 0.15) is 33.2 Å². The zero-order valence-corrected chi connectivity index (χ0v) is 16.0. The van der Waals surface area contributed by atoms with Crippen LogP contribution < -0.4 is 5.32 Å². The number of carbonyl (C=O) groups excluding carboxylic acids is 1. The predicted octanol–water partition coefficient (Wildman–Crippen LogP) is 6.38. The van der Waals surface area contributed by atoms with Gasteiger partial charge in [0, 0.05) is 22.1 Å². The first-order valence-electron chi connectivity index (χ1n) is 9.09. The fourth-order valence-corrected chi connectivity index (χ4v) is 4.54. The van der Waals surface area contributed by atoms with E-state index in [1.807, 2.05) is 60.7 Å². The highest BCUT2D eigenvalue weighted by atomic mass is 32.2. The number of benzene rings is 3. The van der Waals surface area contributed by atoms with E-state index in [-0.39, 0.29) is 11.0 Å². The maximum absolute atomic E-state index is 13.2. The zero-order chi connectivity index (χ0) is 18.6. The molecule has 3 heteroatoms. The Balaban J connectivity index is 1.66. The summed E-state index contributed by atoms with van der Waals surface area (Å²) in [5.41, 5.74) is 5.11. The van der Waals surface area contributed by atoms with E-state index >= 15 is 0 Å². The smallest absolute Gasteiger partial charge is 0.191 e. The van der Waals surface area contributed by atoms with Crippen molar-refractivity contribution in [1.29, 1.82) is 0 Å². The van der Waals surface area contributed by atoms with Gasteiger partial charge in [-0.25, -0.2) is 0 Å². The van der Waals surface area contributed by atoms with Crippen LogP contribution in [0.4, 0.5) is 5.69 Å². The highest BCUT2D eigenvalue weighted by Crippen LogP contribution is 2.48. The molecule has 0 bridgehead atoms. The van der Waals surface area contributed by atoms with Gasteiger partial charge in [0.1, 0.15) is 0 Å². The molecule has 0 aromatic heterocycles. The van der Waals surface area contributed by atoms with Gasteiger partial charge in [0.2, 0.25) is 0 Å². The second kappa shape index (κ2) is 7.85. The van der Waals surface area contributed by atoms with Gasteiger partial charge < -0.3 is 5.32 Å². The summed E-state index contributed by atoms with van der Waals surface area (Å²) in [5, 5.41) is 4.68. The molecule has 27 heavy (non-hydrogen) atoms. The third-order valence-electron chi connectivity index (χ3n) is 4.71. The summed E-state index contributed by atoms with van der Waals surface area (Å²) in [6.07, 6.45) is 0.733. The summed E-state index contributed by atoms with van der Waals surface area (Å²) in [6.45, 7) is 2.09. The first-order chi connectivity index (χ1) is 13.2. The van der Waals surface area contributed by atoms with E-state index < -0.39 is 0 Å². The zero-order valence-electron chi connectivity index (χ0n) is 15.2. The lowest BCUT2D eigenvalue weighted by molar-refractivity contribution is 0.103. The number of para-hydroxylation sites is 1. The number of Topliss-reactive ketones (excluding diaryl/α,β-unsaturated/α-hetero) is 1. The molecule has 0 radical (unpaired) electrons. The number of rotatable bonds is 5. The van der Waals surface area contributed by atoms with Gasteiger partial charge in [-0.2, -0.15) is 0 Å². The molecule has 134 valence electrons. The number of hydrogen-bond donors (Lipinski definition) is 1. The molecule has 2 nitrogen and oxygen atoms in total. The Morgan fingerprint density at radius 1 is 0.889 bits per heavy atom. The van der Waals surface area contributed by atoms with Crippen molar-refractivity contribution in [3.05, 3.63) is 112 Å². The van der Waals surface area contributed by atoms with Crippen molar-refractivity contribution in [2.75, 3.05) is 5.32 Å². The number of thioether (sulfide) groups is 1. The summed E-state index contributed by atoms with van der Waals surface area (Å²) in [7, 11) is 0. The maximum Gasteiger partial charge on any atom is 0.191 e. The van der Waals surface area contributed by atoms with Crippen LogP contribution in [0.2, 0.25) is 0 Å². The molecule has 0 saturated heterocycles. The van der Waals surface area contributed by atoms with E-state index in [0.29, 0.717) is 0 Å². The van der Waals surface area contributed by atoms with Gasteiger partial charge in [0.05, 0.1) is 5.03 Å². The Morgan fingerprint density at radius 2 is 1.52 bits per heavy atom. The minimum absolute atomic E-state index is 0.108. The molecule has 3 aromatic rings. The molecular formula is C24H21NOS. The van der Waals surface area contributed by atoms with Crippen LogP contribution in [-0.4, -0.2) is 5.78 Å². The Bertz CT molecular complexity index is 962. The summed E-state index contributed by atoms with van der Waals surface area (Å²) in [4.78, 5) is 13.2. The summed E-state index contributed by atoms with van der Waals surface area (Å²) >= 11 is 1.74. The molecule has 3 aromatic carbocycles. The van der Waals surface area contributed by atoms with Gasteiger partial charge in [-0.1, -0.05) is 90.1 Å². The molecule has 1 atom stereocenters. The van der Waals surface area contributed by atoms with Gasteiger partial charge in [-0.15, -0.1) is 0 Å². The lowest BCUT2D eigenvalue weighted by Gasteiger charge is -2.11. The van der Waals surface area contributed by atoms with E-state index in [0.717, 1.165) is 28.3 Å². The first-order valence-corrected chi connectivity index (χ1v) is 9.97. The number of hydrogen-bond acceptors (Lipinski definition) is 3. The number of nitrogens with one attached hydrogen (secondary N) is 1. The number of allylic oxidation sites excluding steroid dienone is 1. The molecule has 1 unspecified atom stereocenters. The monoisotopic (exact) mass is 371 g/mol. The minimum Gasteiger partial charge on any atom is -0.350 e. The molecule has 1 N–H and O–H groups in total. The van der Waals surface area contributed by atoms with Crippen molar-refractivity contribution >= 4 is 23.2 Å². The third kappa shape index (κ3) is 3.99. The second-order valence-electron chi connectivity index (χ2n) is 6.72. The number of aryl methyl sites for hydroxylation is 1. The van der Waals surface area contributed by atoms with Crippen molar-refractivity contribution in [2.45, 2.75) is 18.6 Å². The molecule has 1 heterocycles. The molecule has 0 aliphatic carbocycles. The van der Waals surface area contributed by atoms with Crippen LogP contribution in [0.25, 0.3) is 0 Å². The van der Waals surface area contributed by atoms with E-state index in [1.54, 1.807) is 11.8 Å². The van der Waals surface area contributed by atoms with Crippen molar-refractivity contribution in [2.24, 2.45) is 0 Å². The Labute approximate surface area is 164 Å². The van der Waals surface area contributed by atoms with Gasteiger partial charge in [-0.05, 0) is 31.0 Å². The second-order valence-corrected chi connectivity index (χ2v) is 7.93. The van der Waals surface area contributed by atoms with Crippen molar-refractivity contribution in [1.82, 2.24) is 0 Å². The summed E-state index contributed by atoms with van der Waals surface area (Å²) in [5.74, 6) is 0.108. The Kier molecular flexibility index (Phi) is 5.12. The fourth-order valence-electron chi connectivity index (χ4n) is 3.22. The SMILES string of the molecule is Cc1ccc(C2CC(C(=O)c3ccccc3)=C(Nc3ccccc3)S2)cc1. The van der Waals surface area contributed by atoms with Crippen LogP contribution in [0.5, 0.6) is 0 Å². The minimum atomic E-state index is 0.108. The topological polar surface area (TPSA) is 29.1 Å². The van der Waals surface area contributed by atoms with Crippen LogP contribution in [0, 0.1) is 6.92 Å². The van der Waals surface area contributed by atoms with Crippen LogP contribution >= 0.6 is 11.8 Å². The van der Waals surface area contributed by atoms with Gasteiger partial charge in [0.25, 0.3) is 0 Å². The first kappa shape index (κ1) is 17.6. The average Bonchev–Trinajstić information content (AvgIpc) is 3.13. The van der Waals surface area contributed by atoms with Crippen molar-refractivity contribution in [3.63, 3.8) is 0 Å². The van der Waals surface area contributed by atoms with Crippen LogP contribution in [-0.2, 0) is 0 Å². The summed E-state index contributed by atoms with van der Waals surface area (Å²) < 4.78 is 0. The largest absolute Gasteiger partial charge is 0.350 e. The number of anilines is 1. The van der Waals surface area contributed by atoms with E-state index in [2.05, 4.69) is 36.5 Å². The third-order valence-corrected chi connectivity index (χ3v) is 6.02. The van der Waals surface area contributed by atoms with Gasteiger partial charge in [0.15, 0.2) is 5.78 Å². The van der Waals surface area contributed by atoms with Crippen molar-refractivity contribution < 1.29 is 4.79 Å². The van der Waals surface area contributed by atoms with E-state index in [4.69, 9.17) is 0 Å². The molecule has 0 fully saturated rings. The average molecular weight is 372 g/mol. The van der Waals surface area contributed by atoms with Gasteiger partial charge in [-0.3, -0.25) is 4.79 Å². The van der Waals surface area contributed by atoms with Crippen molar-refractivity contribution in [3.8, 4) is 0 Å². The highest BCUT2D eigenvalue weighted by Gasteiger charge is 2.31.